The average molecular weight is 259 g/mol. The maximum absolute atomic E-state index is 6.45. The van der Waals surface area contributed by atoms with Crippen LogP contribution in [0.15, 0.2) is 41.8 Å². The van der Waals surface area contributed by atoms with E-state index in [1.165, 1.54) is 16.0 Å². The van der Waals surface area contributed by atoms with Gasteiger partial charge < -0.3 is 5.73 Å². The van der Waals surface area contributed by atoms with Crippen molar-refractivity contribution in [3.05, 3.63) is 57.8 Å². The fourth-order valence-corrected chi connectivity index (χ4v) is 2.81. The first-order chi connectivity index (χ1) is 8.62. The number of hydrogen-bond acceptors (Lipinski definition) is 2. The van der Waals surface area contributed by atoms with Crippen LogP contribution in [-0.2, 0) is 18.4 Å². The van der Waals surface area contributed by atoms with Crippen molar-refractivity contribution < 1.29 is 0 Å². The summed E-state index contributed by atoms with van der Waals surface area (Å²) in [4.78, 5) is 1.41. The van der Waals surface area contributed by atoms with E-state index in [2.05, 4.69) is 55.6 Å². The predicted molar refractivity (Wildman–Crippen MR) is 80.0 cm³/mol. The Morgan fingerprint density at radius 3 is 2.44 bits per heavy atom. The molecule has 96 valence electrons. The van der Waals surface area contributed by atoms with Crippen LogP contribution in [0.25, 0.3) is 0 Å². The highest BCUT2D eigenvalue weighted by Gasteiger charge is 2.20. The molecule has 0 aliphatic rings. The molecule has 0 fully saturated rings. The summed E-state index contributed by atoms with van der Waals surface area (Å²) in [6, 6.07) is 13.0. The van der Waals surface area contributed by atoms with E-state index in [4.69, 9.17) is 5.73 Å². The summed E-state index contributed by atoms with van der Waals surface area (Å²) in [5.74, 6) is 0. The van der Waals surface area contributed by atoms with Crippen molar-refractivity contribution in [3.63, 3.8) is 0 Å². The fourth-order valence-electron chi connectivity index (χ4n) is 2.10. The second-order valence-corrected chi connectivity index (χ2v) is 6.08. The van der Waals surface area contributed by atoms with E-state index in [1.54, 1.807) is 0 Å². The highest BCUT2D eigenvalue weighted by atomic mass is 32.1. The number of thiophene rings is 1. The van der Waals surface area contributed by atoms with E-state index in [9.17, 15) is 0 Å². The predicted octanol–water partition coefficient (Wildman–Crippen LogP) is 4.12. The molecule has 0 bridgehead atoms. The molecule has 0 aliphatic carbocycles. The van der Waals surface area contributed by atoms with Gasteiger partial charge in [-0.2, -0.15) is 0 Å². The molecule has 2 N–H and O–H groups in total. The molecule has 1 aromatic carbocycles. The first kappa shape index (κ1) is 13.3. The third kappa shape index (κ3) is 3.21. The molecule has 0 radical (unpaired) electrons. The summed E-state index contributed by atoms with van der Waals surface area (Å²) in [6.45, 7) is 4.30. The summed E-state index contributed by atoms with van der Waals surface area (Å²) in [7, 11) is 0. The minimum absolute atomic E-state index is 0.240. The van der Waals surface area contributed by atoms with Crippen molar-refractivity contribution in [2.45, 2.75) is 38.6 Å². The second kappa shape index (κ2) is 5.68. The van der Waals surface area contributed by atoms with Crippen molar-refractivity contribution in [1.29, 1.82) is 0 Å². The number of nitrogens with two attached hydrogens (primary N) is 1. The van der Waals surface area contributed by atoms with Crippen molar-refractivity contribution >= 4 is 11.3 Å². The maximum Gasteiger partial charge on any atom is 0.0384 e. The van der Waals surface area contributed by atoms with Gasteiger partial charge in [-0.3, -0.25) is 0 Å². The van der Waals surface area contributed by atoms with E-state index in [1.807, 2.05) is 11.3 Å². The quantitative estimate of drug-likeness (QED) is 0.859. The van der Waals surface area contributed by atoms with Crippen LogP contribution in [-0.4, -0.2) is 0 Å². The highest BCUT2D eigenvalue weighted by Crippen LogP contribution is 2.25. The van der Waals surface area contributed by atoms with Crippen LogP contribution in [0.1, 0.15) is 36.3 Å². The van der Waals surface area contributed by atoms with Crippen molar-refractivity contribution in [2.75, 3.05) is 0 Å². The van der Waals surface area contributed by atoms with Crippen LogP contribution in [0.2, 0.25) is 0 Å². The van der Waals surface area contributed by atoms with Crippen molar-refractivity contribution in [1.82, 2.24) is 0 Å². The summed E-state index contributed by atoms with van der Waals surface area (Å²) in [6.07, 6.45) is 3.12. The molecule has 0 saturated heterocycles. The van der Waals surface area contributed by atoms with Crippen molar-refractivity contribution in [2.24, 2.45) is 5.73 Å². The molecule has 1 aromatic heterocycles. The summed E-state index contributed by atoms with van der Waals surface area (Å²) >= 11 is 1.81. The lowest BCUT2D eigenvalue weighted by atomic mass is 9.87. The fraction of sp³-hybridized carbons (Fsp3) is 0.375. The van der Waals surface area contributed by atoms with Gasteiger partial charge in [0.2, 0.25) is 0 Å². The smallest absolute Gasteiger partial charge is 0.0384 e. The first-order valence-corrected chi connectivity index (χ1v) is 7.40. The lowest BCUT2D eigenvalue weighted by Crippen LogP contribution is -2.33. The molecule has 18 heavy (non-hydrogen) atoms. The molecular formula is C16H21NS. The van der Waals surface area contributed by atoms with Crippen LogP contribution >= 0.6 is 11.3 Å². The Balaban J connectivity index is 2.04. The Bertz CT molecular complexity index is 468. The summed E-state index contributed by atoms with van der Waals surface area (Å²) in [5.41, 5.74) is 8.81. The Morgan fingerprint density at radius 2 is 1.89 bits per heavy atom. The SMILES string of the molecule is CCc1ccc(C(C)(N)CCc2cccs2)cc1. The zero-order valence-electron chi connectivity index (χ0n) is 11.1. The van der Waals surface area contributed by atoms with Crippen LogP contribution < -0.4 is 5.73 Å². The number of rotatable bonds is 5. The Morgan fingerprint density at radius 1 is 1.17 bits per heavy atom. The molecule has 2 heteroatoms. The van der Waals surface area contributed by atoms with Crippen LogP contribution in [0.3, 0.4) is 0 Å². The Labute approximate surface area is 114 Å². The summed E-state index contributed by atoms with van der Waals surface area (Å²) in [5, 5.41) is 2.12. The molecule has 0 spiro atoms. The lowest BCUT2D eigenvalue weighted by molar-refractivity contribution is 0.454. The number of hydrogen-bond donors (Lipinski definition) is 1. The largest absolute Gasteiger partial charge is 0.322 e. The van der Waals surface area contributed by atoms with Crippen LogP contribution in [0.4, 0.5) is 0 Å². The third-order valence-electron chi connectivity index (χ3n) is 3.49. The zero-order chi connectivity index (χ0) is 13.0. The summed E-state index contributed by atoms with van der Waals surface area (Å²) < 4.78 is 0. The van der Waals surface area contributed by atoms with Gasteiger partial charge in [-0.15, -0.1) is 11.3 Å². The van der Waals surface area contributed by atoms with Gasteiger partial charge in [0.25, 0.3) is 0 Å². The Hall–Kier alpha value is -1.12. The third-order valence-corrected chi connectivity index (χ3v) is 4.43. The average Bonchev–Trinajstić information content (AvgIpc) is 2.90. The lowest BCUT2D eigenvalue weighted by Gasteiger charge is -2.25. The maximum atomic E-state index is 6.45. The van der Waals surface area contributed by atoms with Gasteiger partial charge in [0.05, 0.1) is 0 Å². The molecule has 2 rings (SSSR count). The minimum Gasteiger partial charge on any atom is -0.322 e. The Kier molecular flexibility index (Phi) is 4.20. The number of aryl methyl sites for hydroxylation is 2. The molecule has 1 nitrogen and oxygen atoms in total. The standard InChI is InChI=1S/C16H21NS/c1-3-13-6-8-14(9-7-13)16(2,17)11-10-15-5-4-12-18-15/h4-9,12H,3,10-11,17H2,1-2H3. The molecule has 1 atom stereocenters. The van der Waals surface area contributed by atoms with Crippen LogP contribution in [0.5, 0.6) is 0 Å². The first-order valence-electron chi connectivity index (χ1n) is 6.52. The van der Waals surface area contributed by atoms with Crippen molar-refractivity contribution in [3.8, 4) is 0 Å². The van der Waals surface area contributed by atoms with Gasteiger partial charge in [0.15, 0.2) is 0 Å². The van der Waals surface area contributed by atoms with Gasteiger partial charge in [0.1, 0.15) is 0 Å². The molecule has 0 saturated carbocycles. The van der Waals surface area contributed by atoms with Gasteiger partial charge in [-0.1, -0.05) is 37.3 Å². The normalized spacial score (nSPS) is 14.4. The number of benzene rings is 1. The van der Waals surface area contributed by atoms with E-state index >= 15 is 0 Å². The van der Waals surface area contributed by atoms with E-state index in [0.717, 1.165) is 19.3 Å². The van der Waals surface area contributed by atoms with Crippen LogP contribution in [0, 0.1) is 0 Å². The molecular weight excluding hydrogens is 238 g/mol. The van der Waals surface area contributed by atoms with E-state index in [0.29, 0.717) is 0 Å². The van der Waals surface area contributed by atoms with Gasteiger partial charge >= 0.3 is 0 Å². The molecule has 1 unspecified atom stereocenters. The van der Waals surface area contributed by atoms with E-state index < -0.39 is 0 Å². The van der Waals surface area contributed by atoms with Gasteiger partial charge in [0, 0.05) is 10.4 Å². The molecule has 1 heterocycles. The van der Waals surface area contributed by atoms with E-state index in [-0.39, 0.29) is 5.54 Å². The molecule has 0 aliphatic heterocycles. The zero-order valence-corrected chi connectivity index (χ0v) is 12.0. The minimum atomic E-state index is -0.240. The van der Waals surface area contributed by atoms with Gasteiger partial charge in [-0.05, 0) is 48.8 Å². The monoisotopic (exact) mass is 259 g/mol. The molecule has 0 amide bonds. The highest BCUT2D eigenvalue weighted by molar-refractivity contribution is 7.09. The molecule has 2 aromatic rings. The van der Waals surface area contributed by atoms with Gasteiger partial charge in [-0.25, -0.2) is 0 Å². The topological polar surface area (TPSA) is 26.0 Å². The second-order valence-electron chi connectivity index (χ2n) is 5.05.